The highest BCUT2D eigenvalue weighted by molar-refractivity contribution is 7.98. The van der Waals surface area contributed by atoms with Gasteiger partial charge in [0.15, 0.2) is 0 Å². The first-order valence-electron chi connectivity index (χ1n) is 7.27. The number of hydrogen-bond acceptors (Lipinski definition) is 4. The van der Waals surface area contributed by atoms with Crippen molar-refractivity contribution in [2.24, 2.45) is 0 Å². The van der Waals surface area contributed by atoms with Gasteiger partial charge in [-0.2, -0.15) is 11.8 Å². The molecule has 6 heteroatoms. The van der Waals surface area contributed by atoms with Crippen LogP contribution >= 0.6 is 11.8 Å². The largest absolute Gasteiger partial charge is 0.310 e. The van der Waals surface area contributed by atoms with E-state index in [9.17, 15) is 8.42 Å². The Morgan fingerprint density at radius 2 is 2.10 bits per heavy atom. The molecule has 0 radical (unpaired) electrons. The van der Waals surface area contributed by atoms with Crippen LogP contribution < -0.4 is 10.0 Å². The van der Waals surface area contributed by atoms with E-state index in [1.54, 1.807) is 17.8 Å². The summed E-state index contributed by atoms with van der Waals surface area (Å²) >= 11 is 1.63. The van der Waals surface area contributed by atoms with E-state index in [4.69, 9.17) is 0 Å². The lowest BCUT2D eigenvalue weighted by atomic mass is 10.1. The van der Waals surface area contributed by atoms with Gasteiger partial charge in [-0.1, -0.05) is 12.1 Å². The molecule has 0 spiro atoms. The standard InChI is InChI=1S/C15H24N2O2S2/c1-11(10-20-3)17-21(18,19)15-6-4-5-13(12(15)2)9-16-14-7-8-14/h4-6,11,14,16-17H,7-10H2,1-3H3. The molecule has 1 aliphatic rings. The number of rotatable bonds is 8. The minimum Gasteiger partial charge on any atom is -0.310 e. The van der Waals surface area contributed by atoms with Crippen LogP contribution in [0.15, 0.2) is 23.1 Å². The maximum Gasteiger partial charge on any atom is 0.241 e. The lowest BCUT2D eigenvalue weighted by Gasteiger charge is -2.16. The van der Waals surface area contributed by atoms with Crippen molar-refractivity contribution in [1.29, 1.82) is 0 Å². The normalized spacial score (nSPS) is 16.9. The second-order valence-electron chi connectivity index (χ2n) is 5.67. The third-order valence-electron chi connectivity index (χ3n) is 3.62. The third-order valence-corrected chi connectivity index (χ3v) is 6.18. The molecule has 1 aromatic rings. The van der Waals surface area contributed by atoms with Gasteiger partial charge in [0.1, 0.15) is 0 Å². The lowest BCUT2D eigenvalue weighted by Crippen LogP contribution is -2.34. The molecular weight excluding hydrogens is 304 g/mol. The minimum atomic E-state index is -3.45. The fourth-order valence-electron chi connectivity index (χ4n) is 2.30. The molecule has 0 aromatic heterocycles. The van der Waals surface area contributed by atoms with E-state index in [0.29, 0.717) is 10.9 Å². The van der Waals surface area contributed by atoms with Gasteiger partial charge in [-0.05, 0) is 50.1 Å². The maximum atomic E-state index is 12.5. The summed E-state index contributed by atoms with van der Waals surface area (Å²) in [5.74, 6) is 0.765. The Hall–Kier alpha value is -0.560. The van der Waals surface area contributed by atoms with Gasteiger partial charge in [-0.15, -0.1) is 0 Å². The topological polar surface area (TPSA) is 58.2 Å². The SMILES string of the molecule is CSCC(C)NS(=O)(=O)c1cccc(CNC2CC2)c1C. The molecule has 0 aliphatic heterocycles. The van der Waals surface area contributed by atoms with Crippen LogP contribution in [-0.4, -0.2) is 32.5 Å². The van der Waals surface area contributed by atoms with Gasteiger partial charge in [-0.25, -0.2) is 13.1 Å². The van der Waals surface area contributed by atoms with Gasteiger partial charge >= 0.3 is 0 Å². The molecule has 21 heavy (non-hydrogen) atoms. The Morgan fingerprint density at radius 1 is 1.38 bits per heavy atom. The molecule has 1 unspecified atom stereocenters. The molecule has 1 atom stereocenters. The van der Waals surface area contributed by atoms with E-state index in [2.05, 4.69) is 10.0 Å². The second-order valence-corrected chi connectivity index (χ2v) is 8.27. The van der Waals surface area contributed by atoms with Gasteiger partial charge in [0.25, 0.3) is 0 Å². The first-order valence-corrected chi connectivity index (χ1v) is 10.1. The molecule has 2 rings (SSSR count). The molecule has 2 N–H and O–H groups in total. The number of sulfonamides is 1. The van der Waals surface area contributed by atoms with E-state index in [1.165, 1.54) is 12.8 Å². The van der Waals surface area contributed by atoms with Crippen LogP contribution in [0.2, 0.25) is 0 Å². The Balaban J connectivity index is 2.15. The molecule has 118 valence electrons. The monoisotopic (exact) mass is 328 g/mol. The molecule has 1 fully saturated rings. The molecule has 4 nitrogen and oxygen atoms in total. The van der Waals surface area contributed by atoms with Gasteiger partial charge < -0.3 is 5.32 Å². The summed E-state index contributed by atoms with van der Waals surface area (Å²) < 4.78 is 27.8. The van der Waals surface area contributed by atoms with Crippen LogP contribution in [0.1, 0.15) is 30.9 Å². The Morgan fingerprint density at radius 3 is 2.71 bits per heavy atom. The quantitative estimate of drug-likeness (QED) is 0.769. The molecule has 0 heterocycles. The van der Waals surface area contributed by atoms with E-state index >= 15 is 0 Å². The Labute approximate surface area is 132 Å². The first kappa shape index (κ1) is 16.8. The van der Waals surface area contributed by atoms with Crippen molar-refractivity contribution in [3.8, 4) is 0 Å². The van der Waals surface area contributed by atoms with Gasteiger partial charge in [0.2, 0.25) is 10.0 Å². The van der Waals surface area contributed by atoms with Crippen molar-refractivity contribution in [1.82, 2.24) is 10.0 Å². The second kappa shape index (κ2) is 7.13. The molecule has 1 aliphatic carbocycles. The predicted octanol–water partition coefficient (Wildman–Crippen LogP) is 2.28. The van der Waals surface area contributed by atoms with Crippen LogP contribution in [0, 0.1) is 6.92 Å². The number of nitrogens with one attached hydrogen (secondary N) is 2. The molecule has 1 saturated carbocycles. The number of benzene rings is 1. The highest BCUT2D eigenvalue weighted by atomic mass is 32.2. The maximum absolute atomic E-state index is 12.5. The van der Waals surface area contributed by atoms with E-state index in [-0.39, 0.29) is 6.04 Å². The van der Waals surface area contributed by atoms with Crippen LogP contribution in [0.5, 0.6) is 0 Å². The molecule has 0 saturated heterocycles. The van der Waals surface area contributed by atoms with Gasteiger partial charge in [-0.3, -0.25) is 0 Å². The molecule has 0 amide bonds. The summed E-state index contributed by atoms with van der Waals surface area (Å²) in [5, 5.41) is 3.43. The van der Waals surface area contributed by atoms with Crippen LogP contribution in [0.25, 0.3) is 0 Å². The van der Waals surface area contributed by atoms with Crippen LogP contribution in [-0.2, 0) is 16.6 Å². The summed E-state index contributed by atoms with van der Waals surface area (Å²) in [5.41, 5.74) is 1.90. The average molecular weight is 329 g/mol. The van der Waals surface area contributed by atoms with Gasteiger partial charge in [0, 0.05) is 24.4 Å². The summed E-state index contributed by atoms with van der Waals surface area (Å²) in [6.45, 7) is 4.51. The van der Waals surface area contributed by atoms with Crippen molar-refractivity contribution in [2.45, 2.75) is 50.2 Å². The zero-order valence-electron chi connectivity index (χ0n) is 12.8. The zero-order chi connectivity index (χ0) is 15.5. The number of thioether (sulfide) groups is 1. The summed E-state index contributed by atoms with van der Waals surface area (Å²) in [7, 11) is -3.45. The van der Waals surface area contributed by atoms with E-state index < -0.39 is 10.0 Å². The summed E-state index contributed by atoms with van der Waals surface area (Å²) in [4.78, 5) is 0.394. The van der Waals surface area contributed by atoms with Crippen LogP contribution in [0.4, 0.5) is 0 Å². The van der Waals surface area contributed by atoms with Crippen LogP contribution in [0.3, 0.4) is 0 Å². The Bertz CT molecular complexity index is 583. The van der Waals surface area contributed by atoms with Crippen molar-refractivity contribution in [2.75, 3.05) is 12.0 Å². The van der Waals surface area contributed by atoms with E-state index in [0.717, 1.165) is 23.4 Å². The fraction of sp³-hybridized carbons (Fsp3) is 0.600. The van der Waals surface area contributed by atoms with Crippen molar-refractivity contribution < 1.29 is 8.42 Å². The predicted molar refractivity (Wildman–Crippen MR) is 89.2 cm³/mol. The summed E-state index contributed by atoms with van der Waals surface area (Å²) in [6.07, 6.45) is 4.43. The molecule has 0 bridgehead atoms. The highest BCUT2D eigenvalue weighted by Crippen LogP contribution is 2.22. The Kier molecular flexibility index (Phi) is 5.71. The lowest BCUT2D eigenvalue weighted by molar-refractivity contribution is 0.570. The zero-order valence-corrected chi connectivity index (χ0v) is 14.5. The third kappa shape index (κ3) is 4.71. The summed E-state index contributed by atoms with van der Waals surface area (Å²) in [6, 6.07) is 6.05. The van der Waals surface area contributed by atoms with Crippen molar-refractivity contribution >= 4 is 21.8 Å². The molecule has 1 aromatic carbocycles. The van der Waals surface area contributed by atoms with Crippen molar-refractivity contribution in [3.63, 3.8) is 0 Å². The smallest absolute Gasteiger partial charge is 0.241 e. The van der Waals surface area contributed by atoms with Crippen molar-refractivity contribution in [3.05, 3.63) is 29.3 Å². The minimum absolute atomic E-state index is 0.0716. The average Bonchev–Trinajstić information content (AvgIpc) is 3.21. The van der Waals surface area contributed by atoms with Gasteiger partial charge in [0.05, 0.1) is 4.90 Å². The molecular formula is C15H24N2O2S2. The van der Waals surface area contributed by atoms with E-state index in [1.807, 2.05) is 32.2 Å². The first-order chi connectivity index (χ1) is 9.94. The number of hydrogen-bond donors (Lipinski definition) is 2. The highest BCUT2D eigenvalue weighted by Gasteiger charge is 2.23. The fourth-order valence-corrected chi connectivity index (χ4v) is 4.52.